The molecule has 0 unspecified atom stereocenters. The van der Waals surface area contributed by atoms with Gasteiger partial charge in [-0.25, -0.2) is 0 Å². The van der Waals surface area contributed by atoms with Crippen LogP contribution >= 0.6 is 0 Å². The summed E-state index contributed by atoms with van der Waals surface area (Å²) in [6.45, 7) is 0.345. The highest BCUT2D eigenvalue weighted by molar-refractivity contribution is 5.94. The lowest BCUT2D eigenvalue weighted by Gasteiger charge is -2.10. The number of amides is 2. The third-order valence-corrected chi connectivity index (χ3v) is 3.57. The van der Waals surface area contributed by atoms with Gasteiger partial charge in [0.15, 0.2) is 0 Å². The summed E-state index contributed by atoms with van der Waals surface area (Å²) in [6.07, 6.45) is 0.479. The number of benzene rings is 2. The minimum Gasteiger partial charge on any atom is -0.491 e. The molecule has 1 aliphatic heterocycles. The highest BCUT2D eigenvalue weighted by atomic mass is 16.5. The zero-order chi connectivity index (χ0) is 16.9. The zero-order valence-corrected chi connectivity index (χ0v) is 12.8. The minimum absolute atomic E-state index is 0.104. The van der Waals surface area contributed by atoms with Gasteiger partial charge in [-0.1, -0.05) is 6.07 Å². The van der Waals surface area contributed by atoms with E-state index < -0.39 is 0 Å². The topological polar surface area (TPSA) is 91.2 Å². The van der Waals surface area contributed by atoms with E-state index in [9.17, 15) is 9.59 Å². The van der Waals surface area contributed by atoms with E-state index in [1.165, 1.54) is 0 Å². The van der Waals surface area contributed by atoms with Gasteiger partial charge in [-0.2, -0.15) is 5.26 Å². The molecular formula is C18H15N3O3. The highest BCUT2D eigenvalue weighted by Crippen LogP contribution is 2.28. The summed E-state index contributed by atoms with van der Waals surface area (Å²) in [7, 11) is 0. The van der Waals surface area contributed by atoms with Crippen LogP contribution in [0.4, 0.5) is 11.4 Å². The number of hydrogen-bond acceptors (Lipinski definition) is 4. The van der Waals surface area contributed by atoms with Gasteiger partial charge in [-0.15, -0.1) is 0 Å². The Balaban J connectivity index is 1.68. The van der Waals surface area contributed by atoms with Gasteiger partial charge in [-0.3, -0.25) is 9.59 Å². The van der Waals surface area contributed by atoms with Gasteiger partial charge >= 0.3 is 0 Å². The number of nitrogens with one attached hydrogen (secondary N) is 2. The second-order valence-electron chi connectivity index (χ2n) is 5.39. The largest absolute Gasteiger partial charge is 0.491 e. The monoisotopic (exact) mass is 321 g/mol. The Bertz CT molecular complexity index is 822. The first-order valence-corrected chi connectivity index (χ1v) is 7.49. The maximum atomic E-state index is 12.1. The van der Waals surface area contributed by atoms with Crippen molar-refractivity contribution in [2.45, 2.75) is 12.8 Å². The average molecular weight is 321 g/mol. The molecule has 0 fully saturated rings. The smallest absolute Gasteiger partial charge is 0.228 e. The third-order valence-electron chi connectivity index (χ3n) is 3.57. The number of nitriles is 1. The normalized spacial score (nSPS) is 12.9. The molecular weight excluding hydrogens is 306 g/mol. The number of ether oxygens (including phenoxy) is 1. The van der Waals surface area contributed by atoms with Crippen LogP contribution in [-0.2, 0) is 16.0 Å². The predicted molar refractivity (Wildman–Crippen MR) is 88.7 cm³/mol. The fraction of sp³-hybridized carbons (Fsp3) is 0.167. The van der Waals surface area contributed by atoms with Gasteiger partial charge in [-0.05, 0) is 42.0 Å². The van der Waals surface area contributed by atoms with E-state index in [1.807, 2.05) is 6.07 Å². The number of anilines is 2. The molecule has 24 heavy (non-hydrogen) atoms. The Morgan fingerprint density at radius 2 is 2.04 bits per heavy atom. The SMILES string of the molecule is N#Cc1ccc(NC(=O)Cc2ccc3c(c2)NC(=O)CCO3)cc1. The Labute approximate surface area is 139 Å². The van der Waals surface area contributed by atoms with Gasteiger partial charge in [0.25, 0.3) is 0 Å². The number of carbonyl (C=O) groups excluding carboxylic acids is 2. The summed E-state index contributed by atoms with van der Waals surface area (Å²) in [6, 6.07) is 14.0. The standard InChI is InChI=1S/C18H15N3O3/c19-11-12-1-4-14(5-2-12)20-18(23)10-13-3-6-16-15(9-13)21-17(22)7-8-24-16/h1-6,9H,7-8,10H2,(H,20,23)(H,21,22). The second kappa shape index (κ2) is 6.84. The van der Waals surface area contributed by atoms with Gasteiger partial charge in [0, 0.05) is 5.69 Å². The first-order valence-electron chi connectivity index (χ1n) is 7.49. The maximum absolute atomic E-state index is 12.1. The molecule has 6 nitrogen and oxygen atoms in total. The Morgan fingerprint density at radius 1 is 1.25 bits per heavy atom. The lowest BCUT2D eigenvalue weighted by atomic mass is 10.1. The number of hydrogen-bond donors (Lipinski definition) is 2. The van der Waals surface area contributed by atoms with Gasteiger partial charge in [0.2, 0.25) is 11.8 Å². The van der Waals surface area contributed by atoms with Crippen LogP contribution in [0.2, 0.25) is 0 Å². The number of fused-ring (bicyclic) bond motifs is 1. The summed E-state index contributed by atoms with van der Waals surface area (Å²) < 4.78 is 5.49. The Morgan fingerprint density at radius 3 is 2.79 bits per heavy atom. The number of rotatable bonds is 3. The lowest BCUT2D eigenvalue weighted by Crippen LogP contribution is -2.15. The minimum atomic E-state index is -0.180. The van der Waals surface area contributed by atoms with E-state index in [2.05, 4.69) is 10.6 Å². The maximum Gasteiger partial charge on any atom is 0.228 e. The van der Waals surface area contributed by atoms with E-state index in [0.29, 0.717) is 35.7 Å². The van der Waals surface area contributed by atoms with E-state index in [4.69, 9.17) is 10.00 Å². The van der Waals surface area contributed by atoms with Crippen molar-refractivity contribution in [2.24, 2.45) is 0 Å². The molecule has 2 aromatic carbocycles. The quantitative estimate of drug-likeness (QED) is 0.908. The fourth-order valence-corrected chi connectivity index (χ4v) is 2.40. The van der Waals surface area contributed by atoms with E-state index in [1.54, 1.807) is 42.5 Å². The van der Waals surface area contributed by atoms with Gasteiger partial charge < -0.3 is 15.4 Å². The van der Waals surface area contributed by atoms with Crippen molar-refractivity contribution in [3.8, 4) is 11.8 Å². The van der Waals surface area contributed by atoms with Crippen molar-refractivity contribution >= 4 is 23.2 Å². The molecule has 2 aromatic rings. The predicted octanol–water partition coefficient (Wildman–Crippen LogP) is 2.46. The van der Waals surface area contributed by atoms with Crippen LogP contribution in [0.3, 0.4) is 0 Å². The van der Waals surface area contributed by atoms with Crippen LogP contribution < -0.4 is 15.4 Å². The summed E-state index contributed by atoms with van der Waals surface area (Å²) >= 11 is 0. The summed E-state index contributed by atoms with van der Waals surface area (Å²) in [5.41, 5.74) is 2.52. The molecule has 3 rings (SSSR count). The second-order valence-corrected chi connectivity index (χ2v) is 5.39. The third kappa shape index (κ3) is 3.70. The first kappa shape index (κ1) is 15.6. The molecule has 120 valence electrons. The molecule has 2 amide bonds. The van der Waals surface area contributed by atoms with Crippen molar-refractivity contribution < 1.29 is 14.3 Å². The Hall–Kier alpha value is -3.33. The lowest BCUT2D eigenvalue weighted by molar-refractivity contribution is -0.116. The molecule has 0 aliphatic carbocycles. The van der Waals surface area contributed by atoms with E-state index in [-0.39, 0.29) is 18.2 Å². The highest BCUT2D eigenvalue weighted by Gasteiger charge is 2.15. The van der Waals surface area contributed by atoms with Crippen LogP contribution in [0.1, 0.15) is 17.5 Å². The fourth-order valence-electron chi connectivity index (χ4n) is 2.40. The molecule has 0 saturated carbocycles. The van der Waals surface area contributed by atoms with Crippen molar-refractivity contribution in [3.63, 3.8) is 0 Å². The molecule has 0 bridgehead atoms. The summed E-state index contributed by atoms with van der Waals surface area (Å²) in [4.78, 5) is 23.7. The molecule has 6 heteroatoms. The zero-order valence-electron chi connectivity index (χ0n) is 12.8. The molecule has 1 heterocycles. The molecule has 0 radical (unpaired) electrons. The first-order chi connectivity index (χ1) is 11.6. The molecule has 0 atom stereocenters. The summed E-state index contributed by atoms with van der Waals surface area (Å²) in [5, 5.41) is 14.3. The summed E-state index contributed by atoms with van der Waals surface area (Å²) in [5.74, 6) is 0.325. The number of carbonyl (C=O) groups is 2. The van der Waals surface area contributed by atoms with Gasteiger partial charge in [0.05, 0.1) is 36.8 Å². The van der Waals surface area contributed by atoms with Crippen LogP contribution in [0.15, 0.2) is 42.5 Å². The van der Waals surface area contributed by atoms with Crippen LogP contribution in [0.25, 0.3) is 0 Å². The molecule has 0 aromatic heterocycles. The molecule has 1 aliphatic rings. The van der Waals surface area contributed by atoms with E-state index >= 15 is 0 Å². The van der Waals surface area contributed by atoms with Crippen LogP contribution in [0.5, 0.6) is 5.75 Å². The van der Waals surface area contributed by atoms with Crippen molar-refractivity contribution in [3.05, 3.63) is 53.6 Å². The van der Waals surface area contributed by atoms with E-state index in [0.717, 1.165) is 5.56 Å². The van der Waals surface area contributed by atoms with Gasteiger partial charge in [0.1, 0.15) is 5.75 Å². The van der Waals surface area contributed by atoms with Crippen LogP contribution in [0, 0.1) is 11.3 Å². The van der Waals surface area contributed by atoms with Crippen molar-refractivity contribution in [1.29, 1.82) is 5.26 Å². The average Bonchev–Trinajstić information content (AvgIpc) is 2.75. The molecule has 0 spiro atoms. The Kier molecular flexibility index (Phi) is 4.43. The molecule has 0 saturated heterocycles. The van der Waals surface area contributed by atoms with Crippen LogP contribution in [-0.4, -0.2) is 18.4 Å². The van der Waals surface area contributed by atoms with Crippen molar-refractivity contribution in [2.75, 3.05) is 17.2 Å². The van der Waals surface area contributed by atoms with Crippen molar-refractivity contribution in [1.82, 2.24) is 0 Å². The molecule has 2 N–H and O–H groups in total. The number of nitrogens with zero attached hydrogens (tertiary/aromatic N) is 1.